The summed E-state index contributed by atoms with van der Waals surface area (Å²) in [4.78, 5) is 14.8. The minimum atomic E-state index is -3.64. The van der Waals surface area contributed by atoms with Gasteiger partial charge in [-0.25, -0.2) is 13.4 Å². The monoisotopic (exact) mass is 264 g/mol. The summed E-state index contributed by atoms with van der Waals surface area (Å²) in [5.41, 5.74) is 1.88. The zero-order valence-electron chi connectivity index (χ0n) is 9.13. The van der Waals surface area contributed by atoms with Gasteiger partial charge in [-0.3, -0.25) is 4.79 Å². The molecule has 0 spiro atoms. The number of esters is 1. The smallest absolute Gasteiger partial charge is 0.321 e. The van der Waals surface area contributed by atoms with Gasteiger partial charge in [0.05, 0.1) is 18.3 Å². The van der Waals surface area contributed by atoms with E-state index in [0.29, 0.717) is 5.69 Å². The Morgan fingerprint density at radius 2 is 2.25 bits per heavy atom. The SMILES string of the molecule is COC(=O)CN(C)S(=O)(=O)c1scnc1C. The summed E-state index contributed by atoms with van der Waals surface area (Å²) in [6, 6.07) is 0. The molecule has 0 bridgehead atoms. The highest BCUT2D eigenvalue weighted by Crippen LogP contribution is 2.22. The van der Waals surface area contributed by atoms with Crippen LogP contribution in [0.5, 0.6) is 0 Å². The lowest BCUT2D eigenvalue weighted by Gasteiger charge is -2.14. The second-order valence-corrected chi connectivity index (χ2v) is 6.16. The lowest BCUT2D eigenvalue weighted by Crippen LogP contribution is -2.32. The molecule has 0 aromatic carbocycles. The van der Waals surface area contributed by atoms with Gasteiger partial charge in [0, 0.05) is 7.05 Å². The van der Waals surface area contributed by atoms with Crippen LogP contribution in [0.3, 0.4) is 0 Å². The lowest BCUT2D eigenvalue weighted by molar-refractivity contribution is -0.140. The maximum atomic E-state index is 12.0. The summed E-state index contributed by atoms with van der Waals surface area (Å²) in [7, 11) is -1.11. The molecule has 0 radical (unpaired) electrons. The first-order valence-electron chi connectivity index (χ1n) is 4.33. The molecule has 1 aromatic heterocycles. The molecule has 90 valence electrons. The average molecular weight is 264 g/mol. The summed E-state index contributed by atoms with van der Waals surface area (Å²) >= 11 is 1.03. The van der Waals surface area contributed by atoms with Gasteiger partial charge in [-0.15, -0.1) is 11.3 Å². The fraction of sp³-hybridized carbons (Fsp3) is 0.500. The van der Waals surface area contributed by atoms with Crippen LogP contribution < -0.4 is 0 Å². The van der Waals surface area contributed by atoms with Crippen molar-refractivity contribution < 1.29 is 17.9 Å². The van der Waals surface area contributed by atoms with E-state index in [9.17, 15) is 13.2 Å². The van der Waals surface area contributed by atoms with Crippen LogP contribution >= 0.6 is 11.3 Å². The van der Waals surface area contributed by atoms with Gasteiger partial charge in [0.2, 0.25) is 0 Å². The second kappa shape index (κ2) is 4.89. The molecule has 0 saturated heterocycles. The number of carbonyl (C=O) groups is 1. The van der Waals surface area contributed by atoms with Gasteiger partial charge in [0.25, 0.3) is 10.0 Å². The van der Waals surface area contributed by atoms with Crippen molar-refractivity contribution in [3.63, 3.8) is 0 Å². The maximum absolute atomic E-state index is 12.0. The lowest BCUT2D eigenvalue weighted by atomic mass is 10.6. The minimum Gasteiger partial charge on any atom is -0.468 e. The van der Waals surface area contributed by atoms with E-state index in [1.165, 1.54) is 19.7 Å². The highest BCUT2D eigenvalue weighted by atomic mass is 32.2. The number of carbonyl (C=O) groups excluding carboxylic acids is 1. The Morgan fingerprint density at radius 3 is 2.69 bits per heavy atom. The van der Waals surface area contributed by atoms with Gasteiger partial charge >= 0.3 is 5.97 Å². The molecular weight excluding hydrogens is 252 g/mol. The average Bonchev–Trinajstić information content (AvgIpc) is 2.64. The number of ether oxygens (including phenoxy) is 1. The summed E-state index contributed by atoms with van der Waals surface area (Å²) < 4.78 is 29.4. The molecule has 0 fully saturated rings. The van der Waals surface area contributed by atoms with Crippen LogP contribution in [0.2, 0.25) is 0 Å². The largest absolute Gasteiger partial charge is 0.468 e. The number of hydrogen-bond acceptors (Lipinski definition) is 6. The van der Waals surface area contributed by atoms with E-state index in [-0.39, 0.29) is 10.8 Å². The van der Waals surface area contributed by atoms with Crippen molar-refractivity contribution in [3.05, 3.63) is 11.2 Å². The molecule has 16 heavy (non-hydrogen) atoms. The third-order valence-corrected chi connectivity index (χ3v) is 5.28. The van der Waals surface area contributed by atoms with Gasteiger partial charge in [0.1, 0.15) is 6.54 Å². The number of sulfonamides is 1. The van der Waals surface area contributed by atoms with E-state index in [4.69, 9.17) is 0 Å². The van der Waals surface area contributed by atoms with E-state index < -0.39 is 16.0 Å². The number of thiazole rings is 1. The molecule has 0 aliphatic heterocycles. The third-order valence-electron chi connectivity index (χ3n) is 1.93. The maximum Gasteiger partial charge on any atom is 0.321 e. The predicted molar refractivity (Wildman–Crippen MR) is 58.7 cm³/mol. The van der Waals surface area contributed by atoms with E-state index in [0.717, 1.165) is 15.6 Å². The van der Waals surface area contributed by atoms with Crippen molar-refractivity contribution in [2.24, 2.45) is 0 Å². The van der Waals surface area contributed by atoms with Crippen LogP contribution in [0, 0.1) is 6.92 Å². The second-order valence-electron chi connectivity index (χ2n) is 3.06. The molecule has 1 heterocycles. The standard InChI is InChI=1S/C8H12N2O4S2/c1-6-8(15-5-9-6)16(12,13)10(2)4-7(11)14-3/h5H,4H2,1-3H3. The number of methoxy groups -OCH3 is 1. The molecule has 0 unspecified atom stereocenters. The predicted octanol–water partition coefficient (Wildman–Crippen LogP) is 0.245. The highest BCUT2D eigenvalue weighted by molar-refractivity contribution is 7.91. The van der Waals surface area contributed by atoms with Gasteiger partial charge < -0.3 is 4.74 Å². The number of aryl methyl sites for hydroxylation is 1. The van der Waals surface area contributed by atoms with Crippen LogP contribution in [0.15, 0.2) is 9.72 Å². The highest BCUT2D eigenvalue weighted by Gasteiger charge is 2.26. The van der Waals surface area contributed by atoms with Crippen molar-refractivity contribution in [3.8, 4) is 0 Å². The molecule has 8 heteroatoms. The summed E-state index contributed by atoms with van der Waals surface area (Å²) in [5, 5.41) is 0. The van der Waals surface area contributed by atoms with Crippen molar-refractivity contribution in [2.75, 3.05) is 20.7 Å². The van der Waals surface area contributed by atoms with E-state index in [1.54, 1.807) is 6.92 Å². The van der Waals surface area contributed by atoms with Crippen LogP contribution in [0.4, 0.5) is 0 Å². The van der Waals surface area contributed by atoms with Crippen molar-refractivity contribution in [2.45, 2.75) is 11.1 Å². The molecule has 0 aliphatic rings. The molecule has 0 N–H and O–H groups in total. The number of hydrogen-bond donors (Lipinski definition) is 0. The number of aromatic nitrogens is 1. The van der Waals surface area contributed by atoms with E-state index in [2.05, 4.69) is 9.72 Å². The van der Waals surface area contributed by atoms with Crippen molar-refractivity contribution in [1.82, 2.24) is 9.29 Å². The van der Waals surface area contributed by atoms with Gasteiger partial charge in [-0.05, 0) is 6.92 Å². The first-order valence-corrected chi connectivity index (χ1v) is 6.64. The Labute approximate surface area is 97.9 Å². The fourth-order valence-corrected chi connectivity index (χ4v) is 3.52. The summed E-state index contributed by atoms with van der Waals surface area (Å²) in [6.45, 7) is 1.30. The zero-order valence-corrected chi connectivity index (χ0v) is 10.8. The Bertz CT molecular complexity index is 480. The topological polar surface area (TPSA) is 76.6 Å². The first-order chi connectivity index (χ1) is 7.39. The Hall–Kier alpha value is -0.990. The Kier molecular flexibility index (Phi) is 4.00. The molecular formula is C8H12N2O4S2. The normalized spacial score (nSPS) is 11.8. The van der Waals surface area contributed by atoms with Crippen molar-refractivity contribution in [1.29, 1.82) is 0 Å². The molecule has 6 nitrogen and oxygen atoms in total. The zero-order chi connectivity index (χ0) is 12.3. The molecule has 0 amide bonds. The number of nitrogens with zero attached hydrogens (tertiary/aromatic N) is 2. The quantitative estimate of drug-likeness (QED) is 0.728. The summed E-state index contributed by atoms with van der Waals surface area (Å²) in [5.74, 6) is -0.603. The first kappa shape index (κ1) is 13.1. The molecule has 0 saturated carbocycles. The third kappa shape index (κ3) is 2.57. The van der Waals surface area contributed by atoms with E-state index >= 15 is 0 Å². The minimum absolute atomic E-state index is 0.152. The van der Waals surface area contributed by atoms with Gasteiger partial charge in [-0.1, -0.05) is 0 Å². The number of rotatable bonds is 4. The van der Waals surface area contributed by atoms with Gasteiger partial charge in [0.15, 0.2) is 4.21 Å². The van der Waals surface area contributed by atoms with Crippen LogP contribution in [-0.2, 0) is 19.6 Å². The fourth-order valence-electron chi connectivity index (χ4n) is 1.01. The van der Waals surface area contributed by atoms with Crippen LogP contribution in [-0.4, -0.2) is 44.4 Å². The molecule has 1 rings (SSSR count). The number of likely N-dealkylation sites (N-methyl/N-ethyl adjacent to an activating group) is 1. The van der Waals surface area contributed by atoms with Gasteiger partial charge in [-0.2, -0.15) is 4.31 Å². The molecule has 1 aromatic rings. The Morgan fingerprint density at radius 1 is 1.62 bits per heavy atom. The van der Waals surface area contributed by atoms with Crippen LogP contribution in [0.1, 0.15) is 5.69 Å². The van der Waals surface area contributed by atoms with E-state index in [1.807, 2.05) is 0 Å². The summed E-state index contributed by atoms with van der Waals surface area (Å²) in [6.07, 6.45) is 0. The van der Waals surface area contributed by atoms with Crippen LogP contribution in [0.25, 0.3) is 0 Å². The Balaban J connectivity index is 2.95. The molecule has 0 aliphatic carbocycles. The molecule has 0 atom stereocenters. The van der Waals surface area contributed by atoms with Crippen molar-refractivity contribution >= 4 is 27.3 Å².